The molecule has 0 radical (unpaired) electrons. The number of piperazine rings is 1. The molecule has 2 amide bonds. The van der Waals surface area contributed by atoms with E-state index in [1.807, 2.05) is 67.3 Å². The summed E-state index contributed by atoms with van der Waals surface area (Å²) in [7, 11) is 4.65. The van der Waals surface area contributed by atoms with E-state index in [1.54, 1.807) is 20.3 Å². The summed E-state index contributed by atoms with van der Waals surface area (Å²) in [6.07, 6.45) is 2.32. The molecule has 0 saturated carbocycles. The van der Waals surface area contributed by atoms with Crippen LogP contribution in [0.15, 0.2) is 54.2 Å². The van der Waals surface area contributed by atoms with Crippen LogP contribution >= 0.6 is 0 Å². The van der Waals surface area contributed by atoms with Gasteiger partial charge >= 0.3 is 5.91 Å². The molecular formula is C26H32N2O6. The molecule has 0 bridgehead atoms. The maximum Gasteiger partial charge on any atom is 0.301 e. The molecule has 8 heteroatoms. The highest BCUT2D eigenvalue weighted by atomic mass is 16.8. The number of hydroxylamine groups is 2. The fourth-order valence-electron chi connectivity index (χ4n) is 3.79. The number of imide groups is 1. The van der Waals surface area contributed by atoms with Gasteiger partial charge in [-0.2, -0.15) is 0 Å². The normalized spacial score (nSPS) is 17.6. The summed E-state index contributed by atoms with van der Waals surface area (Å²) in [5, 5.41) is 0.830. The van der Waals surface area contributed by atoms with Crippen molar-refractivity contribution < 1.29 is 28.6 Å². The van der Waals surface area contributed by atoms with Gasteiger partial charge in [0.2, 0.25) is 0 Å². The topological polar surface area (TPSA) is 77.5 Å². The predicted molar refractivity (Wildman–Crippen MR) is 128 cm³/mol. The largest absolute Gasteiger partial charge is 0.497 e. The van der Waals surface area contributed by atoms with Gasteiger partial charge in [0.05, 0.1) is 14.2 Å². The molecule has 1 fully saturated rings. The number of benzene rings is 2. The van der Waals surface area contributed by atoms with Gasteiger partial charge in [0, 0.05) is 13.7 Å². The minimum absolute atomic E-state index is 0.208. The summed E-state index contributed by atoms with van der Waals surface area (Å²) in [5.41, 5.74) is 2.11. The van der Waals surface area contributed by atoms with Gasteiger partial charge in [-0.15, -0.1) is 5.06 Å². The molecule has 0 N–H and O–H groups in total. The minimum Gasteiger partial charge on any atom is -0.497 e. The lowest BCUT2D eigenvalue weighted by Crippen LogP contribution is -2.58. The van der Waals surface area contributed by atoms with E-state index in [0.717, 1.165) is 21.9 Å². The first kappa shape index (κ1) is 25.3. The molecule has 1 aliphatic rings. The quantitative estimate of drug-likeness (QED) is 0.298. The number of amides is 2. The third-order valence-electron chi connectivity index (χ3n) is 5.50. The zero-order chi connectivity index (χ0) is 24.7. The smallest absolute Gasteiger partial charge is 0.301 e. The number of rotatable bonds is 10. The van der Waals surface area contributed by atoms with Gasteiger partial charge in [-0.3, -0.25) is 9.59 Å². The lowest BCUT2D eigenvalue weighted by atomic mass is 9.97. The summed E-state index contributed by atoms with van der Waals surface area (Å²) < 4.78 is 15.5. The Kier molecular flexibility index (Phi) is 8.67. The average Bonchev–Trinajstić information content (AvgIpc) is 2.84. The van der Waals surface area contributed by atoms with Crippen LogP contribution in [0.5, 0.6) is 11.5 Å². The zero-order valence-corrected chi connectivity index (χ0v) is 20.3. The van der Waals surface area contributed by atoms with E-state index < -0.39 is 17.9 Å². The molecule has 0 aliphatic carbocycles. The number of carbonyl (C=O) groups excluding carboxylic acids is 2. The molecule has 8 nitrogen and oxygen atoms in total. The van der Waals surface area contributed by atoms with E-state index in [0.29, 0.717) is 24.4 Å². The SMILES string of the molecule is COCON1C(=O)/C(=C/c2ccc(OC)cc2)N(Cc2ccc(OC)cc2)[C@@H](CC(C)C)C1=O. The number of methoxy groups -OCH3 is 3. The van der Waals surface area contributed by atoms with Crippen molar-refractivity contribution in [1.82, 2.24) is 9.96 Å². The highest BCUT2D eigenvalue weighted by Crippen LogP contribution is 2.30. The molecule has 182 valence electrons. The average molecular weight is 469 g/mol. The van der Waals surface area contributed by atoms with Crippen LogP contribution in [-0.4, -0.2) is 55.9 Å². The van der Waals surface area contributed by atoms with Crippen molar-refractivity contribution in [3.8, 4) is 11.5 Å². The summed E-state index contributed by atoms with van der Waals surface area (Å²) in [6.45, 7) is 4.25. The van der Waals surface area contributed by atoms with Crippen molar-refractivity contribution >= 4 is 17.9 Å². The first-order chi connectivity index (χ1) is 16.4. The molecule has 0 aromatic heterocycles. The van der Waals surface area contributed by atoms with Crippen LogP contribution < -0.4 is 9.47 Å². The summed E-state index contributed by atoms with van der Waals surface area (Å²) >= 11 is 0. The van der Waals surface area contributed by atoms with Gasteiger partial charge in [-0.05, 0) is 53.8 Å². The van der Waals surface area contributed by atoms with Gasteiger partial charge in [-0.25, -0.2) is 4.84 Å². The summed E-state index contributed by atoms with van der Waals surface area (Å²) in [4.78, 5) is 34.1. The number of nitrogens with zero attached hydrogens (tertiary/aromatic N) is 2. The van der Waals surface area contributed by atoms with Crippen molar-refractivity contribution in [3.05, 3.63) is 65.4 Å². The molecule has 2 aromatic carbocycles. The van der Waals surface area contributed by atoms with Gasteiger partial charge in [0.1, 0.15) is 23.2 Å². The van der Waals surface area contributed by atoms with Crippen LogP contribution in [0.25, 0.3) is 6.08 Å². The highest BCUT2D eigenvalue weighted by Gasteiger charge is 2.44. The van der Waals surface area contributed by atoms with Crippen molar-refractivity contribution in [2.45, 2.75) is 32.9 Å². The molecule has 2 aromatic rings. The van der Waals surface area contributed by atoms with Crippen LogP contribution in [-0.2, 0) is 25.7 Å². The first-order valence-electron chi connectivity index (χ1n) is 11.1. The second kappa shape index (κ2) is 11.7. The molecule has 34 heavy (non-hydrogen) atoms. The Balaban J connectivity index is 2.06. The van der Waals surface area contributed by atoms with Crippen molar-refractivity contribution in [2.75, 3.05) is 28.1 Å². The molecule has 0 spiro atoms. The third kappa shape index (κ3) is 5.95. The maximum absolute atomic E-state index is 13.5. The molecule has 0 unspecified atom stereocenters. The zero-order valence-electron chi connectivity index (χ0n) is 20.3. The second-order valence-corrected chi connectivity index (χ2v) is 8.40. The van der Waals surface area contributed by atoms with Gasteiger partial charge in [0.25, 0.3) is 5.91 Å². The van der Waals surface area contributed by atoms with E-state index in [1.165, 1.54) is 7.11 Å². The first-order valence-corrected chi connectivity index (χ1v) is 11.1. The lowest BCUT2D eigenvalue weighted by molar-refractivity contribution is -0.226. The second-order valence-electron chi connectivity index (χ2n) is 8.40. The Bertz CT molecular complexity index is 1000. The lowest BCUT2D eigenvalue weighted by Gasteiger charge is -2.41. The fraction of sp³-hybridized carbons (Fsp3) is 0.385. The van der Waals surface area contributed by atoms with Crippen LogP contribution in [0.4, 0.5) is 0 Å². The van der Waals surface area contributed by atoms with Crippen molar-refractivity contribution in [1.29, 1.82) is 0 Å². The Morgan fingerprint density at radius 2 is 1.50 bits per heavy atom. The molecular weight excluding hydrogens is 436 g/mol. The van der Waals surface area contributed by atoms with E-state index in [9.17, 15) is 9.59 Å². The summed E-state index contributed by atoms with van der Waals surface area (Å²) in [5.74, 6) is 0.723. The van der Waals surface area contributed by atoms with Crippen LogP contribution in [0.2, 0.25) is 0 Å². The highest BCUT2D eigenvalue weighted by molar-refractivity contribution is 6.09. The van der Waals surface area contributed by atoms with Crippen LogP contribution in [0.3, 0.4) is 0 Å². The van der Waals surface area contributed by atoms with Gasteiger partial charge < -0.3 is 19.1 Å². The molecule has 1 atom stereocenters. The van der Waals surface area contributed by atoms with E-state index in [-0.39, 0.29) is 12.7 Å². The number of ether oxygens (including phenoxy) is 3. The Labute approximate surface area is 200 Å². The van der Waals surface area contributed by atoms with Gasteiger partial charge in [-0.1, -0.05) is 38.1 Å². The molecule has 3 rings (SSSR count). The summed E-state index contributed by atoms with van der Waals surface area (Å²) in [6, 6.07) is 14.4. The predicted octanol–water partition coefficient (Wildman–Crippen LogP) is 3.87. The Morgan fingerprint density at radius 3 is 2.03 bits per heavy atom. The number of hydrogen-bond acceptors (Lipinski definition) is 7. The minimum atomic E-state index is -0.582. The monoisotopic (exact) mass is 468 g/mol. The van der Waals surface area contributed by atoms with Crippen LogP contribution in [0, 0.1) is 5.92 Å². The third-order valence-corrected chi connectivity index (χ3v) is 5.50. The molecule has 1 saturated heterocycles. The van der Waals surface area contributed by atoms with E-state index >= 15 is 0 Å². The molecule has 1 heterocycles. The van der Waals surface area contributed by atoms with Gasteiger partial charge in [0.15, 0.2) is 6.79 Å². The van der Waals surface area contributed by atoms with E-state index in [2.05, 4.69) is 0 Å². The maximum atomic E-state index is 13.5. The molecule has 1 aliphatic heterocycles. The van der Waals surface area contributed by atoms with Crippen LogP contribution in [0.1, 0.15) is 31.4 Å². The fourth-order valence-corrected chi connectivity index (χ4v) is 3.79. The number of carbonyl (C=O) groups is 2. The number of hydrogen-bond donors (Lipinski definition) is 0. The standard InChI is InChI=1S/C26H32N2O6/c1-18(2)14-23-25(29)28(34-17-31-3)26(30)24(15-19-6-10-21(32-4)11-7-19)27(23)16-20-8-12-22(33-5)13-9-20/h6-13,15,18,23H,14,16-17H2,1-5H3/b24-15-/t23-/m0/s1. The Hall–Kier alpha value is -3.36. The van der Waals surface area contributed by atoms with Crippen molar-refractivity contribution in [3.63, 3.8) is 0 Å². The van der Waals surface area contributed by atoms with Crippen molar-refractivity contribution in [2.24, 2.45) is 5.92 Å². The Morgan fingerprint density at radius 1 is 0.912 bits per heavy atom. The van der Waals surface area contributed by atoms with E-state index in [4.69, 9.17) is 19.0 Å².